The van der Waals surface area contributed by atoms with Crippen molar-refractivity contribution in [3.8, 4) is 0 Å². The van der Waals surface area contributed by atoms with Crippen LogP contribution in [-0.4, -0.2) is 79.8 Å². The number of halogens is 4. The van der Waals surface area contributed by atoms with Crippen LogP contribution in [0.2, 0.25) is 0 Å². The second kappa shape index (κ2) is 12.3. The van der Waals surface area contributed by atoms with Crippen LogP contribution in [0.1, 0.15) is 51.6 Å². The minimum atomic E-state index is -4.33. The monoisotopic (exact) mass is 689 g/mol. The summed E-state index contributed by atoms with van der Waals surface area (Å²) < 4.78 is 39.3. The average molecular weight is 690 g/mol. The van der Waals surface area contributed by atoms with E-state index >= 15 is 0 Å². The van der Waals surface area contributed by atoms with Gasteiger partial charge in [-0.15, -0.1) is 0 Å². The Morgan fingerprint density at radius 1 is 0.881 bits per heavy atom. The molecule has 0 spiro atoms. The van der Waals surface area contributed by atoms with Gasteiger partial charge in [0.05, 0.1) is 16.6 Å². The van der Waals surface area contributed by atoms with Gasteiger partial charge in [0, 0.05) is 79.8 Å². The molecular weight excluding hydrogens is 658 g/mol. The summed E-state index contributed by atoms with van der Waals surface area (Å²) in [5.41, 5.74) is 4.22. The molecule has 0 unspecified atom stereocenters. The lowest BCUT2D eigenvalue weighted by Crippen LogP contribution is -2.48. The van der Waals surface area contributed by atoms with Gasteiger partial charge in [-0.05, 0) is 67.2 Å². The van der Waals surface area contributed by atoms with E-state index in [1.165, 1.54) is 17.7 Å². The minimum absolute atomic E-state index is 0.130. The van der Waals surface area contributed by atoms with Crippen LogP contribution in [0.5, 0.6) is 0 Å². The standard InChI is InChI=1S/C30H31F3IN7O/c31-30(32,33)24-4-1-20(2-5-24)18-40-11-13-41(14-12-40)28(42)27-37-25-6-3-23(15-26(25)38-27)22-7-9-39(10-8-22)19-21-16-35-29(34)36-17-21/h1-6,15-17,22H,7-14,18-19H2,(H,37,38). The molecule has 0 aliphatic carbocycles. The van der Waals surface area contributed by atoms with Crippen molar-refractivity contribution in [1.29, 1.82) is 0 Å². The first kappa shape index (κ1) is 29.0. The van der Waals surface area contributed by atoms with Gasteiger partial charge in [-0.25, -0.2) is 15.0 Å². The fourth-order valence-electron chi connectivity index (χ4n) is 5.80. The molecule has 4 heterocycles. The molecule has 0 saturated carbocycles. The molecule has 8 nitrogen and oxygen atoms in total. The number of aromatic amines is 1. The fourth-order valence-corrected chi connectivity index (χ4v) is 6.08. The van der Waals surface area contributed by atoms with Crippen LogP contribution in [0.25, 0.3) is 11.0 Å². The molecular formula is C30H31F3IN7O. The maximum absolute atomic E-state index is 13.2. The Balaban J connectivity index is 1.02. The summed E-state index contributed by atoms with van der Waals surface area (Å²) in [6.45, 7) is 5.78. The zero-order chi connectivity index (χ0) is 29.3. The van der Waals surface area contributed by atoms with Crippen LogP contribution in [0.3, 0.4) is 0 Å². The molecule has 2 fully saturated rings. The van der Waals surface area contributed by atoms with E-state index in [4.69, 9.17) is 0 Å². The maximum atomic E-state index is 13.2. The molecule has 2 aromatic heterocycles. The van der Waals surface area contributed by atoms with E-state index in [0.717, 1.165) is 70.6 Å². The number of carbonyl (C=O) groups is 1. The molecule has 0 radical (unpaired) electrons. The highest BCUT2D eigenvalue weighted by molar-refractivity contribution is 14.1. The molecule has 42 heavy (non-hydrogen) atoms. The highest BCUT2D eigenvalue weighted by atomic mass is 127. The molecule has 4 aromatic rings. The summed E-state index contributed by atoms with van der Waals surface area (Å²) in [6.07, 6.45) is 1.59. The molecule has 220 valence electrons. The topological polar surface area (TPSA) is 81.2 Å². The number of hydrogen-bond acceptors (Lipinski definition) is 6. The van der Waals surface area contributed by atoms with Crippen LogP contribution in [0.4, 0.5) is 13.2 Å². The van der Waals surface area contributed by atoms with E-state index in [0.29, 0.717) is 44.5 Å². The number of imidazole rings is 1. The zero-order valence-corrected chi connectivity index (χ0v) is 25.1. The molecule has 0 atom stereocenters. The normalized spacial score (nSPS) is 17.7. The van der Waals surface area contributed by atoms with E-state index < -0.39 is 11.7 Å². The SMILES string of the molecule is O=C(c1nc2ccc(C3CCN(Cc4cnc(I)nc4)CC3)cc2[nH]1)N1CCN(Cc2ccc(C(F)(F)F)cc2)CC1. The largest absolute Gasteiger partial charge is 0.416 e. The van der Waals surface area contributed by atoms with Gasteiger partial charge >= 0.3 is 6.18 Å². The first-order valence-corrected chi connectivity index (χ1v) is 15.2. The van der Waals surface area contributed by atoms with Crippen molar-refractivity contribution in [2.45, 2.75) is 38.0 Å². The number of alkyl halides is 3. The third kappa shape index (κ3) is 6.76. The number of hydrogen-bond donors (Lipinski definition) is 1. The first-order valence-electron chi connectivity index (χ1n) is 14.1. The number of nitrogens with zero attached hydrogens (tertiary/aromatic N) is 6. The molecule has 1 amide bonds. The van der Waals surface area contributed by atoms with E-state index in [-0.39, 0.29) is 5.91 Å². The Labute approximate surface area is 255 Å². The summed E-state index contributed by atoms with van der Waals surface area (Å²) in [5, 5.41) is 0. The number of rotatable bonds is 6. The maximum Gasteiger partial charge on any atom is 0.416 e. The molecule has 0 bridgehead atoms. The van der Waals surface area contributed by atoms with Crippen molar-refractivity contribution in [3.05, 3.63) is 86.8 Å². The first-order chi connectivity index (χ1) is 20.2. The Morgan fingerprint density at radius 3 is 2.19 bits per heavy atom. The smallest absolute Gasteiger partial charge is 0.334 e. The average Bonchev–Trinajstić information content (AvgIpc) is 3.42. The van der Waals surface area contributed by atoms with E-state index in [1.807, 2.05) is 18.5 Å². The van der Waals surface area contributed by atoms with Crippen LogP contribution in [0.15, 0.2) is 54.9 Å². The van der Waals surface area contributed by atoms with Crippen LogP contribution in [0, 0.1) is 3.83 Å². The van der Waals surface area contributed by atoms with E-state index in [2.05, 4.69) is 64.5 Å². The highest BCUT2D eigenvalue weighted by Gasteiger charge is 2.30. The molecule has 1 N–H and O–H groups in total. The molecule has 12 heteroatoms. The number of amides is 1. The van der Waals surface area contributed by atoms with Crippen LogP contribution in [-0.2, 0) is 19.3 Å². The van der Waals surface area contributed by atoms with Crippen molar-refractivity contribution in [2.24, 2.45) is 0 Å². The van der Waals surface area contributed by atoms with Gasteiger partial charge in [-0.3, -0.25) is 14.6 Å². The lowest BCUT2D eigenvalue weighted by atomic mass is 9.89. The highest BCUT2D eigenvalue weighted by Crippen LogP contribution is 2.31. The lowest BCUT2D eigenvalue weighted by Gasteiger charge is -2.34. The van der Waals surface area contributed by atoms with Crippen molar-refractivity contribution in [1.82, 2.24) is 34.6 Å². The van der Waals surface area contributed by atoms with Crippen molar-refractivity contribution >= 4 is 39.5 Å². The van der Waals surface area contributed by atoms with Gasteiger partial charge in [-0.2, -0.15) is 13.2 Å². The predicted molar refractivity (Wildman–Crippen MR) is 161 cm³/mol. The molecule has 2 aliphatic heterocycles. The zero-order valence-electron chi connectivity index (χ0n) is 22.9. The number of aromatic nitrogens is 4. The fraction of sp³-hybridized carbons (Fsp3) is 0.400. The van der Waals surface area contributed by atoms with Gasteiger partial charge in [0.15, 0.2) is 9.66 Å². The van der Waals surface area contributed by atoms with Crippen molar-refractivity contribution in [2.75, 3.05) is 39.3 Å². The van der Waals surface area contributed by atoms with Gasteiger partial charge in [0.25, 0.3) is 5.91 Å². The van der Waals surface area contributed by atoms with Crippen LogP contribution < -0.4 is 0 Å². The minimum Gasteiger partial charge on any atom is -0.334 e. The van der Waals surface area contributed by atoms with E-state index in [9.17, 15) is 18.0 Å². The van der Waals surface area contributed by atoms with Gasteiger partial charge < -0.3 is 9.88 Å². The number of fused-ring (bicyclic) bond motifs is 1. The van der Waals surface area contributed by atoms with Gasteiger partial charge in [0.1, 0.15) is 0 Å². The van der Waals surface area contributed by atoms with Crippen molar-refractivity contribution < 1.29 is 18.0 Å². The summed E-state index contributed by atoms with van der Waals surface area (Å²) >= 11 is 2.11. The number of piperazine rings is 1. The predicted octanol–water partition coefficient (Wildman–Crippen LogP) is 5.31. The Bertz CT molecular complexity index is 1530. The second-order valence-electron chi connectivity index (χ2n) is 11.0. The number of H-pyrrole nitrogens is 1. The summed E-state index contributed by atoms with van der Waals surface area (Å²) in [6, 6.07) is 11.5. The summed E-state index contributed by atoms with van der Waals surface area (Å²) in [4.78, 5) is 36.0. The van der Waals surface area contributed by atoms with Gasteiger partial charge in [-0.1, -0.05) is 18.2 Å². The third-order valence-electron chi connectivity index (χ3n) is 8.19. The Hall–Kier alpha value is -3.10. The number of piperidine rings is 1. The summed E-state index contributed by atoms with van der Waals surface area (Å²) in [5.74, 6) is 0.668. The van der Waals surface area contributed by atoms with E-state index in [1.54, 1.807) is 4.90 Å². The molecule has 2 aromatic carbocycles. The quantitative estimate of drug-likeness (QED) is 0.219. The third-order valence-corrected chi connectivity index (χ3v) is 8.75. The molecule has 6 rings (SSSR count). The number of benzene rings is 2. The summed E-state index contributed by atoms with van der Waals surface area (Å²) in [7, 11) is 0. The van der Waals surface area contributed by atoms with Crippen molar-refractivity contribution in [3.63, 3.8) is 0 Å². The molecule has 2 aliphatic rings. The van der Waals surface area contributed by atoms with Crippen LogP contribution >= 0.6 is 22.6 Å². The number of likely N-dealkylation sites (tertiary alicyclic amines) is 1. The Morgan fingerprint density at radius 2 is 1.52 bits per heavy atom. The lowest BCUT2D eigenvalue weighted by molar-refractivity contribution is -0.137. The molecule has 2 saturated heterocycles. The van der Waals surface area contributed by atoms with Gasteiger partial charge in [0.2, 0.25) is 0 Å². The number of nitrogens with one attached hydrogen (secondary N) is 1. The second-order valence-corrected chi connectivity index (χ2v) is 12.0. The number of carbonyl (C=O) groups excluding carboxylic acids is 1. The Kier molecular flexibility index (Phi) is 8.46.